The lowest BCUT2D eigenvalue weighted by Crippen LogP contribution is -2.12. The Kier molecular flexibility index (Phi) is 4.50. The van der Waals surface area contributed by atoms with Gasteiger partial charge in [0.2, 0.25) is 0 Å². The quantitative estimate of drug-likeness (QED) is 0.917. The average Bonchev–Trinajstić information content (AvgIpc) is 2.84. The van der Waals surface area contributed by atoms with Crippen LogP contribution in [-0.2, 0) is 0 Å². The second-order valence-electron chi connectivity index (χ2n) is 4.13. The Balaban J connectivity index is 2.47. The van der Waals surface area contributed by atoms with Gasteiger partial charge >= 0.3 is 0 Å². The predicted molar refractivity (Wildman–Crippen MR) is 82.3 cm³/mol. The van der Waals surface area contributed by atoms with Crippen molar-refractivity contribution in [2.75, 3.05) is 14.2 Å². The van der Waals surface area contributed by atoms with E-state index in [4.69, 9.17) is 15.2 Å². The predicted octanol–water partition coefficient (Wildman–Crippen LogP) is 3.88. The molecule has 102 valence electrons. The molecule has 0 bridgehead atoms. The fraction of sp³-hybridized carbons (Fsp3) is 0.286. The van der Waals surface area contributed by atoms with Gasteiger partial charge in [-0.05, 0) is 47.1 Å². The third kappa shape index (κ3) is 2.78. The van der Waals surface area contributed by atoms with Crippen molar-refractivity contribution in [2.45, 2.75) is 13.0 Å². The third-order valence-corrected chi connectivity index (χ3v) is 4.75. The van der Waals surface area contributed by atoms with Crippen molar-refractivity contribution in [1.82, 2.24) is 0 Å². The molecule has 2 aromatic rings. The Hall–Kier alpha value is -1.04. The molecule has 0 saturated heterocycles. The van der Waals surface area contributed by atoms with E-state index >= 15 is 0 Å². The van der Waals surface area contributed by atoms with Gasteiger partial charge in [-0.3, -0.25) is 0 Å². The van der Waals surface area contributed by atoms with Crippen LogP contribution in [0.3, 0.4) is 0 Å². The summed E-state index contributed by atoms with van der Waals surface area (Å²) < 4.78 is 11.5. The largest absolute Gasteiger partial charge is 0.495 e. The van der Waals surface area contributed by atoms with Crippen molar-refractivity contribution < 1.29 is 9.47 Å². The molecule has 5 heteroatoms. The van der Waals surface area contributed by atoms with Crippen LogP contribution in [0.25, 0.3) is 0 Å². The van der Waals surface area contributed by atoms with Crippen LogP contribution in [0.1, 0.15) is 21.4 Å². The highest BCUT2D eigenvalue weighted by molar-refractivity contribution is 9.10. The first-order valence-electron chi connectivity index (χ1n) is 5.80. The molecule has 19 heavy (non-hydrogen) atoms. The Morgan fingerprint density at radius 2 is 1.89 bits per heavy atom. The maximum Gasteiger partial charge on any atom is 0.141 e. The molecule has 1 heterocycles. The van der Waals surface area contributed by atoms with Crippen LogP contribution < -0.4 is 15.2 Å². The summed E-state index contributed by atoms with van der Waals surface area (Å²) in [6.45, 7) is 2.07. The zero-order valence-corrected chi connectivity index (χ0v) is 13.5. The molecule has 2 N–H and O–H groups in total. The lowest BCUT2D eigenvalue weighted by atomic mass is 10.0. The number of thiophene rings is 1. The van der Waals surface area contributed by atoms with Crippen LogP contribution in [0, 0.1) is 6.92 Å². The third-order valence-electron chi connectivity index (χ3n) is 2.92. The summed E-state index contributed by atoms with van der Waals surface area (Å²) in [5.74, 6) is 1.45. The van der Waals surface area contributed by atoms with Gasteiger partial charge in [-0.15, -0.1) is 11.3 Å². The average molecular weight is 342 g/mol. The molecule has 1 atom stereocenters. The van der Waals surface area contributed by atoms with Crippen molar-refractivity contribution in [2.24, 2.45) is 5.73 Å². The summed E-state index contributed by atoms with van der Waals surface area (Å²) in [4.78, 5) is 2.37. The number of aryl methyl sites for hydroxylation is 1. The number of methoxy groups -OCH3 is 2. The van der Waals surface area contributed by atoms with Crippen molar-refractivity contribution in [3.05, 3.63) is 44.1 Å². The highest BCUT2D eigenvalue weighted by Gasteiger charge is 2.19. The van der Waals surface area contributed by atoms with Gasteiger partial charge in [0.25, 0.3) is 0 Å². The Labute approximate surface area is 125 Å². The number of rotatable bonds is 4. The van der Waals surface area contributed by atoms with Gasteiger partial charge in [-0.2, -0.15) is 0 Å². The molecule has 3 nitrogen and oxygen atoms in total. The smallest absolute Gasteiger partial charge is 0.141 e. The Bertz CT molecular complexity index is 583. The van der Waals surface area contributed by atoms with E-state index in [1.54, 1.807) is 25.6 Å². The molecule has 0 spiro atoms. The van der Waals surface area contributed by atoms with Crippen LogP contribution in [0.15, 0.2) is 28.7 Å². The zero-order chi connectivity index (χ0) is 14.0. The number of nitrogens with two attached hydrogens (primary N) is 1. The summed E-state index contributed by atoms with van der Waals surface area (Å²) in [6, 6.07) is 7.77. The van der Waals surface area contributed by atoms with Gasteiger partial charge in [0.05, 0.1) is 20.3 Å². The highest BCUT2D eigenvalue weighted by atomic mass is 79.9. The van der Waals surface area contributed by atoms with E-state index in [9.17, 15) is 0 Å². The lowest BCUT2D eigenvalue weighted by Gasteiger charge is -2.17. The van der Waals surface area contributed by atoms with E-state index < -0.39 is 0 Å². The molecule has 0 aliphatic carbocycles. The van der Waals surface area contributed by atoms with Crippen LogP contribution in [0.2, 0.25) is 0 Å². The SMILES string of the molecule is COc1ccc(C(N)c2ccc(C)s2)c(OC)c1Br. The van der Waals surface area contributed by atoms with Gasteiger partial charge in [-0.25, -0.2) is 0 Å². The second kappa shape index (κ2) is 5.94. The van der Waals surface area contributed by atoms with Crippen molar-refractivity contribution in [3.63, 3.8) is 0 Å². The number of ether oxygens (including phenoxy) is 2. The van der Waals surface area contributed by atoms with Crippen LogP contribution >= 0.6 is 27.3 Å². The normalized spacial score (nSPS) is 12.3. The van der Waals surface area contributed by atoms with Crippen LogP contribution in [0.5, 0.6) is 11.5 Å². The molecule has 0 aliphatic rings. The van der Waals surface area contributed by atoms with Gasteiger partial charge in [0, 0.05) is 15.3 Å². The number of halogens is 1. The number of hydrogen-bond donors (Lipinski definition) is 1. The van der Waals surface area contributed by atoms with Crippen LogP contribution in [-0.4, -0.2) is 14.2 Å². The van der Waals surface area contributed by atoms with Gasteiger partial charge in [0.1, 0.15) is 16.0 Å². The fourth-order valence-corrected chi connectivity index (χ4v) is 3.52. The number of benzene rings is 1. The van der Waals surface area contributed by atoms with Gasteiger partial charge in [-0.1, -0.05) is 0 Å². The molecule has 0 radical (unpaired) electrons. The van der Waals surface area contributed by atoms with Gasteiger partial charge < -0.3 is 15.2 Å². The standard InChI is InChI=1S/C14H16BrNO2S/c1-8-4-7-11(19-8)13(16)9-5-6-10(17-2)12(15)14(9)18-3/h4-7,13H,16H2,1-3H3. The first kappa shape index (κ1) is 14.4. The molecular formula is C14H16BrNO2S. The van der Waals surface area contributed by atoms with E-state index in [-0.39, 0.29) is 6.04 Å². The van der Waals surface area contributed by atoms with Gasteiger partial charge in [0.15, 0.2) is 0 Å². The molecule has 0 fully saturated rings. The fourth-order valence-electron chi connectivity index (χ4n) is 1.94. The van der Waals surface area contributed by atoms with Crippen LogP contribution in [0.4, 0.5) is 0 Å². The van der Waals surface area contributed by atoms with Crippen molar-refractivity contribution >= 4 is 27.3 Å². The van der Waals surface area contributed by atoms with E-state index in [2.05, 4.69) is 35.0 Å². The minimum Gasteiger partial charge on any atom is -0.495 e. The molecule has 0 saturated carbocycles. The first-order valence-corrected chi connectivity index (χ1v) is 7.41. The van der Waals surface area contributed by atoms with E-state index in [0.29, 0.717) is 0 Å². The minimum absolute atomic E-state index is 0.198. The van der Waals surface area contributed by atoms with Crippen molar-refractivity contribution in [1.29, 1.82) is 0 Å². The van der Waals surface area contributed by atoms with Crippen molar-refractivity contribution in [3.8, 4) is 11.5 Å². The van der Waals surface area contributed by atoms with E-state index in [1.807, 2.05) is 12.1 Å². The highest BCUT2D eigenvalue weighted by Crippen LogP contribution is 2.41. The zero-order valence-electron chi connectivity index (χ0n) is 11.1. The summed E-state index contributed by atoms with van der Waals surface area (Å²) in [7, 11) is 3.26. The minimum atomic E-state index is -0.198. The molecule has 1 unspecified atom stereocenters. The second-order valence-corrected chi connectivity index (χ2v) is 6.24. The Morgan fingerprint density at radius 1 is 1.16 bits per heavy atom. The monoisotopic (exact) mass is 341 g/mol. The maximum atomic E-state index is 6.34. The maximum absolute atomic E-state index is 6.34. The first-order chi connectivity index (χ1) is 9.08. The lowest BCUT2D eigenvalue weighted by molar-refractivity contribution is 0.385. The molecular weight excluding hydrogens is 326 g/mol. The Morgan fingerprint density at radius 3 is 2.42 bits per heavy atom. The molecule has 0 aliphatic heterocycles. The molecule has 0 amide bonds. The number of hydrogen-bond acceptors (Lipinski definition) is 4. The van der Waals surface area contributed by atoms with E-state index in [0.717, 1.165) is 26.4 Å². The summed E-state index contributed by atoms with van der Waals surface area (Å²) in [6.07, 6.45) is 0. The van der Waals surface area contributed by atoms with E-state index in [1.165, 1.54) is 4.88 Å². The topological polar surface area (TPSA) is 44.5 Å². The molecule has 1 aromatic heterocycles. The molecule has 2 rings (SSSR count). The summed E-state index contributed by atoms with van der Waals surface area (Å²) in [5.41, 5.74) is 7.28. The molecule has 1 aromatic carbocycles. The summed E-state index contributed by atoms with van der Waals surface area (Å²) >= 11 is 5.19. The summed E-state index contributed by atoms with van der Waals surface area (Å²) in [5, 5.41) is 0.